The third-order valence-corrected chi connectivity index (χ3v) is 5.43. The Morgan fingerprint density at radius 3 is 2.62 bits per heavy atom. The molecule has 1 amide bonds. The maximum absolute atomic E-state index is 12.3. The van der Waals surface area contributed by atoms with Gasteiger partial charge < -0.3 is 9.42 Å². The van der Waals surface area contributed by atoms with Gasteiger partial charge in [0.15, 0.2) is 0 Å². The van der Waals surface area contributed by atoms with Crippen LogP contribution in [0.25, 0.3) is 11.4 Å². The highest BCUT2D eigenvalue weighted by Crippen LogP contribution is 2.26. The Bertz CT molecular complexity index is 873. The van der Waals surface area contributed by atoms with Gasteiger partial charge in [-0.05, 0) is 37.8 Å². The van der Waals surface area contributed by atoms with E-state index in [9.17, 15) is 13.2 Å². The molecule has 3 rings (SSSR count). The predicted molar refractivity (Wildman–Crippen MR) is 87.3 cm³/mol. The fourth-order valence-electron chi connectivity index (χ4n) is 2.66. The van der Waals surface area contributed by atoms with Crippen LogP contribution >= 0.6 is 10.7 Å². The van der Waals surface area contributed by atoms with E-state index in [1.54, 1.807) is 24.0 Å². The summed E-state index contributed by atoms with van der Waals surface area (Å²) in [4.78, 5) is 18.1. The summed E-state index contributed by atoms with van der Waals surface area (Å²) in [6, 6.07) is 4.63. The van der Waals surface area contributed by atoms with Crippen molar-refractivity contribution in [1.29, 1.82) is 0 Å². The molecule has 0 N–H and O–H groups in total. The van der Waals surface area contributed by atoms with E-state index in [1.807, 2.05) is 0 Å². The molecule has 24 heavy (non-hydrogen) atoms. The van der Waals surface area contributed by atoms with E-state index in [-0.39, 0.29) is 22.5 Å². The molecule has 1 saturated heterocycles. The van der Waals surface area contributed by atoms with E-state index in [1.165, 1.54) is 6.07 Å². The van der Waals surface area contributed by atoms with Gasteiger partial charge in [-0.2, -0.15) is 4.98 Å². The third kappa shape index (κ3) is 3.44. The van der Waals surface area contributed by atoms with Crippen LogP contribution in [0.1, 0.15) is 35.5 Å². The fourth-order valence-corrected chi connectivity index (χ4v) is 3.88. The van der Waals surface area contributed by atoms with Crippen LogP contribution in [0.15, 0.2) is 27.6 Å². The van der Waals surface area contributed by atoms with E-state index < -0.39 is 9.05 Å². The maximum atomic E-state index is 12.3. The summed E-state index contributed by atoms with van der Waals surface area (Å²) in [5.74, 6) is -0.245. The summed E-state index contributed by atoms with van der Waals surface area (Å²) in [5.41, 5.74) is 0.933. The lowest BCUT2D eigenvalue weighted by Crippen LogP contribution is -2.35. The first-order valence-electron chi connectivity index (χ1n) is 7.55. The van der Waals surface area contributed by atoms with Crippen molar-refractivity contribution in [3.8, 4) is 11.4 Å². The Morgan fingerprint density at radius 2 is 1.96 bits per heavy atom. The number of nitrogens with zero attached hydrogens (tertiary/aromatic N) is 3. The van der Waals surface area contributed by atoms with Crippen molar-refractivity contribution in [2.45, 2.75) is 31.1 Å². The summed E-state index contributed by atoms with van der Waals surface area (Å²) >= 11 is 0. The Kier molecular flexibility index (Phi) is 4.60. The minimum Gasteiger partial charge on any atom is -0.334 e. The standard InChI is InChI=1S/C15H16ClN3O4S/c1-10-5-6-11(9-12(10)24(16,21)22)13-17-14(23-18-13)15(20)19-7-3-2-4-8-19/h5-6,9H,2-4,7-8H2,1H3. The van der Waals surface area contributed by atoms with Gasteiger partial charge in [-0.15, -0.1) is 0 Å². The van der Waals surface area contributed by atoms with Crippen molar-refractivity contribution < 1.29 is 17.7 Å². The Balaban J connectivity index is 1.89. The van der Waals surface area contributed by atoms with Gasteiger partial charge in [-0.25, -0.2) is 8.42 Å². The number of likely N-dealkylation sites (tertiary alicyclic amines) is 1. The van der Waals surface area contributed by atoms with E-state index in [4.69, 9.17) is 15.2 Å². The Hall–Kier alpha value is -1.93. The lowest BCUT2D eigenvalue weighted by atomic mass is 10.1. The predicted octanol–water partition coefficient (Wildman–Crippen LogP) is 2.60. The lowest BCUT2D eigenvalue weighted by molar-refractivity contribution is 0.0674. The van der Waals surface area contributed by atoms with Crippen molar-refractivity contribution in [2.75, 3.05) is 13.1 Å². The minimum absolute atomic E-state index is 0.0182. The summed E-state index contributed by atoms with van der Waals surface area (Å²) in [6.07, 6.45) is 3.03. The summed E-state index contributed by atoms with van der Waals surface area (Å²) in [6.45, 7) is 2.99. The molecule has 0 bridgehead atoms. The SMILES string of the molecule is Cc1ccc(-c2noc(C(=O)N3CCCCC3)n2)cc1S(=O)(=O)Cl. The van der Waals surface area contributed by atoms with Gasteiger partial charge in [-0.1, -0.05) is 17.3 Å². The molecule has 9 heteroatoms. The molecule has 1 aromatic heterocycles. The Labute approximate surface area is 144 Å². The molecule has 0 radical (unpaired) electrons. The van der Waals surface area contributed by atoms with E-state index in [2.05, 4.69) is 10.1 Å². The van der Waals surface area contributed by atoms with Gasteiger partial charge in [0, 0.05) is 29.3 Å². The third-order valence-electron chi connectivity index (χ3n) is 3.96. The van der Waals surface area contributed by atoms with Crippen LogP contribution in [0.3, 0.4) is 0 Å². The van der Waals surface area contributed by atoms with Gasteiger partial charge in [-0.3, -0.25) is 4.79 Å². The summed E-state index contributed by atoms with van der Waals surface area (Å²) < 4.78 is 28.3. The number of amides is 1. The number of aromatic nitrogens is 2. The highest BCUT2D eigenvalue weighted by atomic mass is 35.7. The van der Waals surface area contributed by atoms with Crippen molar-refractivity contribution >= 4 is 25.6 Å². The molecule has 0 spiro atoms. The Morgan fingerprint density at radius 1 is 1.25 bits per heavy atom. The smallest absolute Gasteiger partial charge is 0.316 e. The monoisotopic (exact) mass is 369 g/mol. The van der Waals surface area contributed by atoms with Crippen LogP contribution in [0, 0.1) is 6.92 Å². The number of carbonyl (C=O) groups is 1. The largest absolute Gasteiger partial charge is 0.334 e. The normalized spacial score (nSPS) is 15.5. The molecular formula is C15H16ClN3O4S. The fraction of sp³-hybridized carbons (Fsp3) is 0.400. The molecule has 0 atom stereocenters. The number of benzene rings is 1. The summed E-state index contributed by atoms with van der Waals surface area (Å²) in [7, 11) is 1.55. The molecule has 2 aromatic rings. The number of hydrogen-bond donors (Lipinski definition) is 0. The maximum Gasteiger partial charge on any atom is 0.316 e. The number of rotatable bonds is 3. The average Bonchev–Trinajstić information content (AvgIpc) is 3.04. The zero-order chi connectivity index (χ0) is 17.3. The van der Waals surface area contributed by atoms with Gasteiger partial charge in [0.05, 0.1) is 4.90 Å². The molecule has 1 fully saturated rings. The van der Waals surface area contributed by atoms with E-state index >= 15 is 0 Å². The topological polar surface area (TPSA) is 93.4 Å². The van der Waals surface area contributed by atoms with Crippen LogP contribution < -0.4 is 0 Å². The molecule has 0 saturated carbocycles. The molecule has 0 aliphatic carbocycles. The number of halogens is 1. The zero-order valence-electron chi connectivity index (χ0n) is 13.0. The highest BCUT2D eigenvalue weighted by Gasteiger charge is 2.24. The van der Waals surface area contributed by atoms with Crippen LogP contribution in [0.4, 0.5) is 0 Å². The zero-order valence-corrected chi connectivity index (χ0v) is 14.6. The second kappa shape index (κ2) is 6.52. The molecule has 2 heterocycles. The first-order chi connectivity index (χ1) is 11.4. The van der Waals surface area contributed by atoms with Crippen molar-refractivity contribution in [2.24, 2.45) is 0 Å². The molecule has 1 aromatic carbocycles. The number of carbonyl (C=O) groups excluding carboxylic acids is 1. The summed E-state index contributed by atoms with van der Waals surface area (Å²) in [5, 5.41) is 3.78. The molecular weight excluding hydrogens is 354 g/mol. The number of hydrogen-bond acceptors (Lipinski definition) is 6. The molecule has 1 aliphatic heterocycles. The average molecular weight is 370 g/mol. The van der Waals surface area contributed by atoms with Crippen LogP contribution in [0.5, 0.6) is 0 Å². The van der Waals surface area contributed by atoms with Crippen molar-refractivity contribution in [3.63, 3.8) is 0 Å². The van der Waals surface area contributed by atoms with Crippen LogP contribution in [0.2, 0.25) is 0 Å². The number of piperidine rings is 1. The van der Waals surface area contributed by atoms with Gasteiger partial charge in [0.1, 0.15) is 0 Å². The first-order valence-corrected chi connectivity index (χ1v) is 9.86. The molecule has 128 valence electrons. The van der Waals surface area contributed by atoms with Gasteiger partial charge >= 0.3 is 11.8 Å². The minimum atomic E-state index is -3.88. The highest BCUT2D eigenvalue weighted by molar-refractivity contribution is 8.13. The second-order valence-corrected chi connectivity index (χ2v) is 8.23. The first kappa shape index (κ1) is 16.9. The molecule has 0 unspecified atom stereocenters. The van der Waals surface area contributed by atoms with E-state index in [0.717, 1.165) is 19.3 Å². The van der Waals surface area contributed by atoms with Gasteiger partial charge in [0.25, 0.3) is 9.05 Å². The quantitative estimate of drug-likeness (QED) is 0.772. The van der Waals surface area contributed by atoms with E-state index in [0.29, 0.717) is 24.2 Å². The second-order valence-electron chi connectivity index (χ2n) is 5.69. The van der Waals surface area contributed by atoms with Crippen molar-refractivity contribution in [3.05, 3.63) is 29.7 Å². The molecule has 7 nitrogen and oxygen atoms in total. The van der Waals surface area contributed by atoms with Crippen molar-refractivity contribution in [1.82, 2.24) is 15.0 Å². The van der Waals surface area contributed by atoms with Crippen LogP contribution in [-0.2, 0) is 9.05 Å². The molecule has 1 aliphatic rings. The van der Waals surface area contributed by atoms with Gasteiger partial charge in [0.2, 0.25) is 5.82 Å². The van der Waals surface area contributed by atoms with Crippen LogP contribution in [-0.4, -0.2) is 42.5 Å². The lowest BCUT2D eigenvalue weighted by Gasteiger charge is -2.24. The number of aryl methyl sites for hydroxylation is 1.